The van der Waals surface area contributed by atoms with Gasteiger partial charge in [0.1, 0.15) is 23.6 Å². The fraction of sp³-hybridized carbons (Fsp3) is 0.176. The van der Waals surface area contributed by atoms with Crippen molar-refractivity contribution in [3.05, 3.63) is 65.2 Å². The largest absolute Gasteiger partial charge is 0.352 e. The zero-order valence-corrected chi connectivity index (χ0v) is 12.6. The van der Waals surface area contributed by atoms with Gasteiger partial charge in [-0.1, -0.05) is 18.2 Å². The number of nitriles is 1. The molecule has 120 valence electrons. The van der Waals surface area contributed by atoms with Crippen LogP contribution in [0.5, 0.6) is 0 Å². The smallest absolute Gasteiger partial charge is 0.256 e. The van der Waals surface area contributed by atoms with Crippen LogP contribution in [-0.2, 0) is 4.79 Å². The molecule has 2 heterocycles. The van der Waals surface area contributed by atoms with Crippen LogP contribution in [0, 0.1) is 17.1 Å². The van der Waals surface area contributed by atoms with E-state index in [9.17, 15) is 14.0 Å². The van der Waals surface area contributed by atoms with Crippen LogP contribution >= 0.6 is 0 Å². The first-order valence-electron chi connectivity index (χ1n) is 7.31. The molecule has 1 aromatic carbocycles. The quantitative estimate of drug-likeness (QED) is 0.905. The van der Waals surface area contributed by atoms with E-state index < -0.39 is 23.7 Å². The maximum Gasteiger partial charge on any atom is 0.256 e. The monoisotopic (exact) mass is 324 g/mol. The van der Waals surface area contributed by atoms with Gasteiger partial charge in [-0.15, -0.1) is 0 Å². The number of amides is 2. The standard InChI is InChI=1S/C17H13FN4O2/c18-14-4-2-1-3-13(14)15-16(23)20-7-8-22(15)17(24)11-5-6-12(9-19)21-10-11/h1-6,10,15H,7-8H2,(H,20,23). The lowest BCUT2D eigenvalue weighted by Crippen LogP contribution is -2.52. The Balaban J connectivity index is 1.97. The lowest BCUT2D eigenvalue weighted by atomic mass is 10.0. The summed E-state index contributed by atoms with van der Waals surface area (Å²) in [7, 11) is 0. The molecule has 3 rings (SSSR count). The van der Waals surface area contributed by atoms with E-state index >= 15 is 0 Å². The summed E-state index contributed by atoms with van der Waals surface area (Å²) in [6.07, 6.45) is 1.28. The number of hydrogen-bond acceptors (Lipinski definition) is 4. The Morgan fingerprint density at radius 1 is 1.33 bits per heavy atom. The fourth-order valence-corrected chi connectivity index (χ4v) is 2.64. The van der Waals surface area contributed by atoms with Gasteiger partial charge in [0, 0.05) is 24.8 Å². The van der Waals surface area contributed by atoms with Crippen molar-refractivity contribution >= 4 is 11.8 Å². The number of rotatable bonds is 2. The molecule has 2 amide bonds. The van der Waals surface area contributed by atoms with Crippen molar-refractivity contribution in [1.29, 1.82) is 5.26 Å². The van der Waals surface area contributed by atoms with Gasteiger partial charge in [-0.2, -0.15) is 5.26 Å². The molecule has 1 N–H and O–H groups in total. The highest BCUT2D eigenvalue weighted by atomic mass is 19.1. The molecule has 0 aliphatic carbocycles. The summed E-state index contributed by atoms with van der Waals surface area (Å²) in [5.41, 5.74) is 0.572. The molecule has 1 unspecified atom stereocenters. The van der Waals surface area contributed by atoms with E-state index in [-0.39, 0.29) is 23.4 Å². The SMILES string of the molecule is N#Cc1ccc(C(=O)N2CCNC(=O)C2c2ccccc2F)cn1. The van der Waals surface area contributed by atoms with Crippen LogP contribution in [0.2, 0.25) is 0 Å². The molecule has 6 nitrogen and oxygen atoms in total. The molecule has 0 saturated carbocycles. The number of carbonyl (C=O) groups excluding carboxylic acids is 2. The summed E-state index contributed by atoms with van der Waals surface area (Å²) < 4.78 is 14.1. The molecule has 1 aromatic heterocycles. The average Bonchev–Trinajstić information content (AvgIpc) is 2.62. The first kappa shape index (κ1) is 15.6. The van der Waals surface area contributed by atoms with Gasteiger partial charge in [-0.3, -0.25) is 9.59 Å². The second-order valence-electron chi connectivity index (χ2n) is 5.26. The van der Waals surface area contributed by atoms with Crippen molar-refractivity contribution in [2.45, 2.75) is 6.04 Å². The highest BCUT2D eigenvalue weighted by Crippen LogP contribution is 2.27. The number of hydrogen-bond donors (Lipinski definition) is 1. The number of nitrogens with one attached hydrogen (secondary N) is 1. The Hall–Kier alpha value is -3.27. The van der Waals surface area contributed by atoms with E-state index in [1.165, 1.54) is 41.4 Å². The van der Waals surface area contributed by atoms with Crippen molar-refractivity contribution in [2.24, 2.45) is 0 Å². The number of carbonyl (C=O) groups is 2. The first-order valence-corrected chi connectivity index (χ1v) is 7.31. The number of halogens is 1. The Labute approximate surface area is 137 Å². The van der Waals surface area contributed by atoms with Crippen LogP contribution < -0.4 is 5.32 Å². The van der Waals surface area contributed by atoms with Crippen molar-refractivity contribution in [1.82, 2.24) is 15.2 Å². The van der Waals surface area contributed by atoms with Gasteiger partial charge < -0.3 is 10.2 Å². The molecule has 0 bridgehead atoms. The lowest BCUT2D eigenvalue weighted by molar-refractivity contribution is -0.128. The van der Waals surface area contributed by atoms with Gasteiger partial charge in [-0.25, -0.2) is 9.37 Å². The minimum Gasteiger partial charge on any atom is -0.352 e. The number of aromatic nitrogens is 1. The van der Waals surface area contributed by atoms with Crippen molar-refractivity contribution in [3.63, 3.8) is 0 Å². The highest BCUT2D eigenvalue weighted by Gasteiger charge is 2.36. The molecule has 24 heavy (non-hydrogen) atoms. The van der Waals surface area contributed by atoms with Crippen molar-refractivity contribution in [2.75, 3.05) is 13.1 Å². The Bertz CT molecular complexity index is 829. The minimum absolute atomic E-state index is 0.143. The topological polar surface area (TPSA) is 86.1 Å². The molecule has 1 aliphatic rings. The van der Waals surface area contributed by atoms with Gasteiger partial charge >= 0.3 is 0 Å². The van der Waals surface area contributed by atoms with Gasteiger partial charge in [0.05, 0.1) is 5.56 Å². The molecule has 0 radical (unpaired) electrons. The van der Waals surface area contributed by atoms with Gasteiger partial charge in [0.25, 0.3) is 5.91 Å². The van der Waals surface area contributed by atoms with E-state index in [0.29, 0.717) is 6.54 Å². The van der Waals surface area contributed by atoms with Crippen LogP contribution in [0.15, 0.2) is 42.6 Å². The zero-order chi connectivity index (χ0) is 17.1. The fourth-order valence-electron chi connectivity index (χ4n) is 2.64. The second kappa shape index (κ2) is 6.46. The maximum absolute atomic E-state index is 14.1. The van der Waals surface area contributed by atoms with Crippen LogP contribution in [-0.4, -0.2) is 34.8 Å². The van der Waals surface area contributed by atoms with Gasteiger partial charge in [0.15, 0.2) is 0 Å². The third-order valence-corrected chi connectivity index (χ3v) is 3.80. The predicted octanol–water partition coefficient (Wildman–Crippen LogP) is 1.41. The van der Waals surface area contributed by atoms with Crippen LogP contribution in [0.1, 0.15) is 27.7 Å². The third kappa shape index (κ3) is 2.82. The molecule has 1 atom stereocenters. The second-order valence-corrected chi connectivity index (χ2v) is 5.26. The third-order valence-electron chi connectivity index (χ3n) is 3.80. The average molecular weight is 324 g/mol. The molecular weight excluding hydrogens is 311 g/mol. The number of pyridine rings is 1. The predicted molar refractivity (Wildman–Crippen MR) is 82.1 cm³/mol. The van der Waals surface area contributed by atoms with E-state index in [1.807, 2.05) is 6.07 Å². The summed E-state index contributed by atoms with van der Waals surface area (Å²) >= 11 is 0. The number of nitrogens with zero attached hydrogens (tertiary/aromatic N) is 3. The number of benzene rings is 1. The van der Waals surface area contributed by atoms with Crippen LogP contribution in [0.4, 0.5) is 4.39 Å². The summed E-state index contributed by atoms with van der Waals surface area (Å²) in [5.74, 6) is -1.41. The Morgan fingerprint density at radius 3 is 2.79 bits per heavy atom. The van der Waals surface area contributed by atoms with E-state index in [2.05, 4.69) is 10.3 Å². The van der Waals surface area contributed by atoms with E-state index in [1.54, 1.807) is 6.07 Å². The summed E-state index contributed by atoms with van der Waals surface area (Å²) in [4.78, 5) is 30.2. The van der Waals surface area contributed by atoms with Crippen molar-refractivity contribution in [3.8, 4) is 6.07 Å². The molecular formula is C17H13FN4O2. The molecule has 7 heteroatoms. The minimum atomic E-state index is -1.04. The molecule has 0 spiro atoms. The normalized spacial score (nSPS) is 17.1. The zero-order valence-electron chi connectivity index (χ0n) is 12.6. The molecule has 1 saturated heterocycles. The van der Waals surface area contributed by atoms with Crippen LogP contribution in [0.25, 0.3) is 0 Å². The van der Waals surface area contributed by atoms with E-state index in [4.69, 9.17) is 5.26 Å². The van der Waals surface area contributed by atoms with Crippen LogP contribution in [0.3, 0.4) is 0 Å². The summed E-state index contributed by atoms with van der Waals surface area (Å²) in [6.45, 7) is 0.544. The highest BCUT2D eigenvalue weighted by molar-refractivity contribution is 5.98. The maximum atomic E-state index is 14.1. The number of piperazine rings is 1. The first-order chi connectivity index (χ1) is 11.6. The molecule has 1 aliphatic heterocycles. The molecule has 1 fully saturated rings. The van der Waals surface area contributed by atoms with Gasteiger partial charge in [-0.05, 0) is 18.2 Å². The Morgan fingerprint density at radius 2 is 2.12 bits per heavy atom. The summed E-state index contributed by atoms with van der Waals surface area (Å²) in [5, 5.41) is 11.4. The van der Waals surface area contributed by atoms with E-state index in [0.717, 1.165) is 0 Å². The lowest BCUT2D eigenvalue weighted by Gasteiger charge is -2.35. The summed E-state index contributed by atoms with van der Waals surface area (Å²) in [6, 6.07) is 9.61. The van der Waals surface area contributed by atoms with Crippen molar-refractivity contribution < 1.29 is 14.0 Å². The Kier molecular flexibility index (Phi) is 4.20. The van der Waals surface area contributed by atoms with Gasteiger partial charge in [0.2, 0.25) is 5.91 Å². The molecule has 2 aromatic rings.